The summed E-state index contributed by atoms with van der Waals surface area (Å²) >= 11 is 0. The molecule has 7 heteroatoms. The summed E-state index contributed by atoms with van der Waals surface area (Å²) < 4.78 is 37.5. The molecule has 148 valence electrons. The Bertz CT molecular complexity index is 716. The van der Waals surface area contributed by atoms with Crippen LogP contribution in [0, 0.1) is 33.3 Å². The van der Waals surface area contributed by atoms with Gasteiger partial charge in [-0.1, -0.05) is 91.0 Å². The van der Waals surface area contributed by atoms with Crippen molar-refractivity contribution in [3.05, 3.63) is 124 Å². The van der Waals surface area contributed by atoms with Crippen molar-refractivity contribution < 1.29 is 44.3 Å². The van der Waals surface area contributed by atoms with Gasteiger partial charge in [0, 0.05) is 21.1 Å². The van der Waals surface area contributed by atoms with Gasteiger partial charge in [0.25, 0.3) is 0 Å². The van der Waals surface area contributed by atoms with Crippen LogP contribution in [0.25, 0.3) is 0 Å². The maximum absolute atomic E-state index is 7.50. The van der Waals surface area contributed by atoms with Gasteiger partial charge < -0.3 is 0 Å². The summed E-state index contributed by atoms with van der Waals surface area (Å²) in [4.78, 5) is 0. The van der Waals surface area contributed by atoms with E-state index in [0.717, 1.165) is 0 Å². The third kappa shape index (κ3) is 13.6. The van der Waals surface area contributed by atoms with E-state index in [0.29, 0.717) is 0 Å². The van der Waals surface area contributed by atoms with Crippen molar-refractivity contribution >= 4 is 23.8 Å². The second-order valence-electron chi connectivity index (χ2n) is 4.34. The van der Waals surface area contributed by atoms with E-state index in [4.69, 9.17) is 23.3 Å². The maximum Gasteiger partial charge on any atom is 0 e. The molecule has 3 aromatic carbocycles. The Morgan fingerprint density at radius 2 is 0.533 bits per heavy atom. The molecule has 3 rings (SSSR count). The van der Waals surface area contributed by atoms with Crippen molar-refractivity contribution in [1.29, 1.82) is 0 Å². The first-order chi connectivity index (χ1) is 14.4. The van der Waals surface area contributed by atoms with Crippen molar-refractivity contribution in [2.45, 2.75) is 0 Å². The van der Waals surface area contributed by atoms with E-state index >= 15 is 0 Å². The van der Waals surface area contributed by atoms with Crippen molar-refractivity contribution in [2.75, 3.05) is 0 Å². The van der Waals surface area contributed by atoms with Gasteiger partial charge in [0.15, 0.2) is 0 Å². The van der Waals surface area contributed by atoms with Crippen LogP contribution in [0.15, 0.2) is 91.0 Å². The average Bonchev–Trinajstić information content (AvgIpc) is 2.88. The quantitative estimate of drug-likeness (QED) is 0.229. The Hall–Kier alpha value is -2.52. The first-order valence-corrected chi connectivity index (χ1v) is 8.77. The van der Waals surface area contributed by atoms with Gasteiger partial charge in [-0.15, -0.1) is 0 Å². The van der Waals surface area contributed by atoms with Gasteiger partial charge in [0.2, 0.25) is 0 Å². The molecule has 30 heavy (non-hydrogen) atoms. The van der Waals surface area contributed by atoms with E-state index in [2.05, 4.69) is 124 Å². The van der Waals surface area contributed by atoms with Crippen LogP contribution in [-0.2, 0) is 44.3 Å². The molecule has 0 atom stereocenters. The van der Waals surface area contributed by atoms with Gasteiger partial charge in [0.1, 0.15) is 0 Å². The number of hydrogen-bond donors (Lipinski definition) is 0. The largest absolute Gasteiger partial charge is 0.0622 e. The molecule has 0 aromatic heterocycles. The Balaban J connectivity index is -0.000000271. The molecule has 0 aliphatic carbocycles. The normalized spacial score (nSPS) is 7.03. The number of benzene rings is 3. The summed E-state index contributed by atoms with van der Waals surface area (Å²) in [5, 5.41) is 4.19. The van der Waals surface area contributed by atoms with Crippen LogP contribution in [0.2, 0.25) is 0 Å². The smallest absolute Gasteiger partial charge is 0 e. The minimum atomic E-state index is -0.446. The van der Waals surface area contributed by atoms with Crippen molar-refractivity contribution in [3.8, 4) is 0 Å². The van der Waals surface area contributed by atoms with Crippen LogP contribution in [-0.4, -0.2) is 0 Å². The molecule has 0 radical (unpaired) electrons. The van der Waals surface area contributed by atoms with E-state index in [9.17, 15) is 0 Å². The molecule has 0 saturated carbocycles. The molecule has 0 fully saturated rings. The van der Waals surface area contributed by atoms with Crippen molar-refractivity contribution in [2.24, 2.45) is 0 Å². The molecule has 0 saturated heterocycles. The molecule has 3 aromatic rings. The van der Waals surface area contributed by atoms with Gasteiger partial charge in [-0.25, -0.2) is 0 Å². The fraction of sp³-hybridized carbons (Fsp3) is 0. The first kappa shape index (κ1) is 34.9. The summed E-state index contributed by atoms with van der Waals surface area (Å²) in [5.74, 6) is 0. The van der Waals surface area contributed by atoms with Crippen LogP contribution in [0.4, 0.5) is 0 Å². The SMILES string of the molecule is [C-]#[O+].[C-]#[O+].[C-]#[O+].[C-]#[O+].[C-]#[O+].[Mo].c1ccc(P(c2ccccc2)c2ccccc2)cc1. The van der Waals surface area contributed by atoms with Crippen molar-refractivity contribution in [1.82, 2.24) is 0 Å². The van der Waals surface area contributed by atoms with Gasteiger partial charge in [0.05, 0.1) is 0 Å². The predicted octanol–water partition coefficient (Wildman–Crippen LogP) is 3.25. The molecule has 0 aliphatic heterocycles. The zero-order valence-electron chi connectivity index (χ0n) is 15.6. The van der Waals surface area contributed by atoms with E-state index < -0.39 is 7.92 Å². The van der Waals surface area contributed by atoms with Crippen LogP contribution in [0.3, 0.4) is 0 Å². The predicted molar refractivity (Wildman–Crippen MR) is 105 cm³/mol. The summed E-state index contributed by atoms with van der Waals surface area (Å²) in [6, 6.07) is 32.3. The Kier molecular flexibility index (Phi) is 33.4. The molecule has 5 nitrogen and oxygen atoms in total. The van der Waals surface area contributed by atoms with Gasteiger partial charge in [-0.3, -0.25) is 0 Å². The van der Waals surface area contributed by atoms with Crippen LogP contribution in [0.5, 0.6) is 0 Å². The Morgan fingerprint density at radius 1 is 0.367 bits per heavy atom. The third-order valence-electron chi connectivity index (χ3n) is 3.04. The summed E-state index contributed by atoms with van der Waals surface area (Å²) in [7, 11) is -0.446. The minimum absolute atomic E-state index is 0. The van der Waals surface area contributed by atoms with E-state index in [1.807, 2.05) is 0 Å². The van der Waals surface area contributed by atoms with E-state index in [1.165, 1.54) is 15.9 Å². The summed E-state index contributed by atoms with van der Waals surface area (Å²) in [5.41, 5.74) is 0. The molecule has 0 heterocycles. The molecule has 0 unspecified atom stereocenters. The van der Waals surface area contributed by atoms with Crippen LogP contribution in [0.1, 0.15) is 0 Å². The van der Waals surface area contributed by atoms with Crippen molar-refractivity contribution in [3.63, 3.8) is 0 Å². The molecule has 0 bridgehead atoms. The fourth-order valence-corrected chi connectivity index (χ4v) is 4.48. The number of hydrogen-bond acceptors (Lipinski definition) is 0. The Morgan fingerprint density at radius 3 is 0.700 bits per heavy atom. The molecular formula is C23H15MoO5P. The van der Waals surface area contributed by atoms with Gasteiger partial charge >= 0.3 is 56.5 Å². The standard InChI is InChI=1S/C18H15P.5CO.Mo/c1-4-10-16(11-5-1)19(17-12-6-2-7-13-17)18-14-8-3-9-15-18;5*1-2;/h1-15H;;;;;;. The van der Waals surface area contributed by atoms with E-state index in [-0.39, 0.29) is 21.1 Å². The van der Waals surface area contributed by atoms with Gasteiger partial charge in [-0.2, -0.15) is 0 Å². The first-order valence-electron chi connectivity index (χ1n) is 7.42. The zero-order valence-corrected chi connectivity index (χ0v) is 18.5. The third-order valence-corrected chi connectivity index (χ3v) is 5.49. The maximum atomic E-state index is 7.50. The van der Waals surface area contributed by atoms with Crippen LogP contribution < -0.4 is 15.9 Å². The zero-order chi connectivity index (χ0) is 22.9. The molecule has 0 aliphatic rings. The molecule has 0 amide bonds. The van der Waals surface area contributed by atoms with E-state index in [1.54, 1.807) is 0 Å². The van der Waals surface area contributed by atoms with Crippen LogP contribution >= 0.6 is 7.92 Å². The topological polar surface area (TPSA) is 99.5 Å². The summed E-state index contributed by atoms with van der Waals surface area (Å²) in [6.07, 6.45) is 0. The minimum Gasteiger partial charge on any atom is -0.0622 e. The molecule has 0 spiro atoms. The molecular weight excluding hydrogens is 483 g/mol. The molecule has 0 N–H and O–H groups in total. The fourth-order valence-electron chi connectivity index (χ4n) is 2.18. The number of rotatable bonds is 3. The second kappa shape index (κ2) is 28.7. The monoisotopic (exact) mass is 500 g/mol. The Labute approximate surface area is 192 Å². The average molecular weight is 498 g/mol. The van der Waals surface area contributed by atoms with Gasteiger partial charge in [-0.05, 0) is 23.8 Å². The second-order valence-corrected chi connectivity index (χ2v) is 6.56. The summed E-state index contributed by atoms with van der Waals surface area (Å²) in [6.45, 7) is 22.5.